The molecule has 172 valence electrons. The number of hydrogen-bond donors (Lipinski definition) is 3. The van der Waals surface area contributed by atoms with Gasteiger partial charge < -0.3 is 34.7 Å². The molecule has 0 atom stereocenters. The molecule has 0 radical (unpaired) electrons. The van der Waals surface area contributed by atoms with E-state index in [1.807, 2.05) is 0 Å². The third-order valence-electron chi connectivity index (χ3n) is 4.80. The first-order valence-electron chi connectivity index (χ1n) is 9.81. The maximum absolute atomic E-state index is 12.8. The summed E-state index contributed by atoms with van der Waals surface area (Å²) in [6.45, 7) is 0. The predicted octanol–water partition coefficient (Wildman–Crippen LogP) is 3.93. The molecule has 0 saturated carbocycles. The Kier molecular flexibility index (Phi) is 7.24. The highest BCUT2D eigenvalue weighted by atomic mass is 16.5. The second kappa shape index (κ2) is 10.3. The van der Waals surface area contributed by atoms with E-state index in [1.165, 1.54) is 46.6 Å². The number of aromatic hydroxyl groups is 1. The number of anilines is 2. The average molecular weight is 452 g/mol. The Hall–Kier alpha value is -4.40. The van der Waals surface area contributed by atoms with Gasteiger partial charge in [-0.05, 0) is 42.5 Å². The van der Waals surface area contributed by atoms with Crippen LogP contribution in [-0.4, -0.2) is 45.4 Å². The maximum Gasteiger partial charge on any atom is 0.259 e. The van der Waals surface area contributed by atoms with E-state index in [9.17, 15) is 14.7 Å². The van der Waals surface area contributed by atoms with Crippen molar-refractivity contribution in [2.24, 2.45) is 0 Å². The van der Waals surface area contributed by atoms with Gasteiger partial charge in [0.1, 0.15) is 5.75 Å². The van der Waals surface area contributed by atoms with Gasteiger partial charge in [-0.2, -0.15) is 0 Å². The highest BCUT2D eigenvalue weighted by Gasteiger charge is 2.19. The van der Waals surface area contributed by atoms with Gasteiger partial charge in [0.15, 0.2) is 23.0 Å². The summed E-state index contributed by atoms with van der Waals surface area (Å²) in [4.78, 5) is 25.7. The van der Waals surface area contributed by atoms with E-state index in [0.29, 0.717) is 17.2 Å². The number of hydrogen-bond acceptors (Lipinski definition) is 7. The largest absolute Gasteiger partial charge is 0.506 e. The van der Waals surface area contributed by atoms with Crippen LogP contribution in [-0.2, 0) is 0 Å². The van der Waals surface area contributed by atoms with E-state index < -0.39 is 11.8 Å². The van der Waals surface area contributed by atoms with Crippen molar-refractivity contribution in [1.82, 2.24) is 0 Å². The van der Waals surface area contributed by atoms with Gasteiger partial charge in [-0.25, -0.2) is 0 Å². The zero-order valence-corrected chi connectivity index (χ0v) is 18.6. The minimum absolute atomic E-state index is 0.0975. The van der Waals surface area contributed by atoms with Gasteiger partial charge in [-0.1, -0.05) is 12.1 Å². The number of nitrogens with one attached hydrogen (secondary N) is 2. The number of phenols is 1. The van der Waals surface area contributed by atoms with Crippen LogP contribution in [0.4, 0.5) is 11.4 Å². The van der Waals surface area contributed by atoms with Gasteiger partial charge >= 0.3 is 0 Å². The first-order valence-corrected chi connectivity index (χ1v) is 9.81. The fraction of sp³-hybridized carbons (Fsp3) is 0.167. The summed E-state index contributed by atoms with van der Waals surface area (Å²) >= 11 is 0. The smallest absolute Gasteiger partial charge is 0.259 e. The van der Waals surface area contributed by atoms with Crippen molar-refractivity contribution in [2.75, 3.05) is 39.1 Å². The van der Waals surface area contributed by atoms with Gasteiger partial charge in [0.25, 0.3) is 11.8 Å². The van der Waals surface area contributed by atoms with Gasteiger partial charge in [-0.3, -0.25) is 9.59 Å². The molecule has 9 nitrogen and oxygen atoms in total. The van der Waals surface area contributed by atoms with Crippen molar-refractivity contribution in [3.8, 4) is 28.7 Å². The Labute approximate surface area is 190 Å². The first-order chi connectivity index (χ1) is 15.9. The van der Waals surface area contributed by atoms with E-state index in [4.69, 9.17) is 18.9 Å². The fourth-order valence-electron chi connectivity index (χ4n) is 3.23. The zero-order chi connectivity index (χ0) is 24.0. The average Bonchev–Trinajstić information content (AvgIpc) is 2.84. The summed E-state index contributed by atoms with van der Waals surface area (Å²) in [5.74, 6) is 0.185. The van der Waals surface area contributed by atoms with Crippen LogP contribution >= 0.6 is 0 Å². The number of rotatable bonds is 8. The van der Waals surface area contributed by atoms with E-state index in [-0.39, 0.29) is 34.1 Å². The summed E-state index contributed by atoms with van der Waals surface area (Å²) in [6, 6.07) is 14.1. The lowest BCUT2D eigenvalue weighted by molar-refractivity contribution is 0.101. The molecule has 0 aromatic heterocycles. The number of para-hydroxylation sites is 2. The zero-order valence-electron chi connectivity index (χ0n) is 18.6. The Balaban J connectivity index is 1.85. The predicted molar refractivity (Wildman–Crippen MR) is 123 cm³/mol. The molecule has 3 aromatic rings. The van der Waals surface area contributed by atoms with Crippen LogP contribution in [0.1, 0.15) is 20.7 Å². The summed E-state index contributed by atoms with van der Waals surface area (Å²) in [7, 11) is 5.81. The number of benzene rings is 3. The van der Waals surface area contributed by atoms with Gasteiger partial charge in [0.05, 0.1) is 45.3 Å². The summed E-state index contributed by atoms with van der Waals surface area (Å²) < 4.78 is 21.1. The SMILES string of the molecule is COc1cccc(C(=O)Nc2ccc(O)c(NC(=O)c3cccc(OC)c3OC)c2)c1OC. The highest BCUT2D eigenvalue weighted by Crippen LogP contribution is 2.34. The summed E-state index contributed by atoms with van der Waals surface area (Å²) in [5, 5.41) is 15.6. The second-order valence-electron chi connectivity index (χ2n) is 6.72. The monoisotopic (exact) mass is 452 g/mol. The normalized spacial score (nSPS) is 10.2. The number of carbonyl (C=O) groups excluding carboxylic acids is 2. The van der Waals surface area contributed by atoms with E-state index in [2.05, 4.69) is 10.6 Å². The number of ether oxygens (including phenoxy) is 4. The minimum Gasteiger partial charge on any atom is -0.506 e. The van der Waals surface area contributed by atoms with Crippen LogP contribution in [0.25, 0.3) is 0 Å². The fourth-order valence-corrected chi connectivity index (χ4v) is 3.23. The van der Waals surface area contributed by atoms with Crippen LogP contribution in [0.15, 0.2) is 54.6 Å². The van der Waals surface area contributed by atoms with Crippen LogP contribution in [0.2, 0.25) is 0 Å². The van der Waals surface area contributed by atoms with Crippen molar-refractivity contribution >= 4 is 23.2 Å². The van der Waals surface area contributed by atoms with Crippen LogP contribution < -0.4 is 29.6 Å². The molecule has 0 aliphatic rings. The molecular weight excluding hydrogens is 428 g/mol. The molecule has 33 heavy (non-hydrogen) atoms. The third-order valence-corrected chi connectivity index (χ3v) is 4.80. The van der Waals surface area contributed by atoms with Crippen molar-refractivity contribution in [2.45, 2.75) is 0 Å². The number of amides is 2. The molecule has 3 rings (SSSR count). The molecule has 3 aromatic carbocycles. The number of methoxy groups -OCH3 is 4. The van der Waals surface area contributed by atoms with E-state index in [0.717, 1.165) is 0 Å². The highest BCUT2D eigenvalue weighted by molar-refractivity contribution is 6.09. The molecule has 3 N–H and O–H groups in total. The second-order valence-corrected chi connectivity index (χ2v) is 6.72. The lowest BCUT2D eigenvalue weighted by atomic mass is 10.1. The van der Waals surface area contributed by atoms with Crippen molar-refractivity contribution in [3.63, 3.8) is 0 Å². The van der Waals surface area contributed by atoms with Gasteiger partial charge in [0.2, 0.25) is 0 Å². The minimum atomic E-state index is -0.529. The molecule has 2 amide bonds. The lowest BCUT2D eigenvalue weighted by Gasteiger charge is -2.15. The quantitative estimate of drug-likeness (QED) is 0.350. The molecule has 0 heterocycles. The Morgan fingerprint density at radius 3 is 1.70 bits per heavy atom. The maximum atomic E-state index is 12.8. The molecule has 0 aliphatic heterocycles. The molecule has 0 aliphatic carbocycles. The molecule has 0 saturated heterocycles. The van der Waals surface area contributed by atoms with Crippen molar-refractivity contribution < 1.29 is 33.6 Å². The Morgan fingerprint density at radius 1 is 0.697 bits per heavy atom. The summed E-state index contributed by atoms with van der Waals surface area (Å²) in [5.41, 5.74) is 0.916. The van der Waals surface area contributed by atoms with Crippen LogP contribution in [0.3, 0.4) is 0 Å². The molecule has 0 bridgehead atoms. The molecular formula is C24H24N2O7. The van der Waals surface area contributed by atoms with Gasteiger partial charge in [-0.15, -0.1) is 0 Å². The lowest BCUT2D eigenvalue weighted by Crippen LogP contribution is -2.15. The number of carbonyl (C=O) groups is 2. The molecule has 0 fully saturated rings. The third kappa shape index (κ3) is 4.93. The Bertz CT molecular complexity index is 1180. The van der Waals surface area contributed by atoms with Crippen LogP contribution in [0.5, 0.6) is 28.7 Å². The summed E-state index contributed by atoms with van der Waals surface area (Å²) in [6.07, 6.45) is 0. The van der Waals surface area contributed by atoms with Crippen molar-refractivity contribution in [3.05, 3.63) is 65.7 Å². The molecule has 0 unspecified atom stereocenters. The van der Waals surface area contributed by atoms with Crippen molar-refractivity contribution in [1.29, 1.82) is 0 Å². The topological polar surface area (TPSA) is 115 Å². The number of phenolic OH excluding ortho intramolecular Hbond substituents is 1. The van der Waals surface area contributed by atoms with Gasteiger partial charge in [0, 0.05) is 5.69 Å². The first kappa shape index (κ1) is 23.3. The molecule has 9 heteroatoms. The van der Waals surface area contributed by atoms with Crippen LogP contribution in [0, 0.1) is 0 Å². The molecule has 0 spiro atoms. The Morgan fingerprint density at radius 2 is 1.21 bits per heavy atom. The standard InChI is InChI=1S/C24H24N2O7/c1-30-19-9-5-7-15(21(19)32-3)23(28)25-14-11-12-18(27)17(13-14)26-24(29)16-8-6-10-20(31-2)22(16)33-4/h5-13,27H,1-4H3,(H,25,28)(H,26,29). The van der Waals surface area contributed by atoms with E-state index >= 15 is 0 Å². The van der Waals surface area contributed by atoms with E-state index in [1.54, 1.807) is 36.4 Å².